The van der Waals surface area contributed by atoms with Crippen molar-refractivity contribution in [2.75, 3.05) is 59.7 Å². The standard InChI is InChI=1S/C32H36F3N9O/c1-20(2)42-10-12-43(13-11-42)25-16-23(32(33,34)35)15-24(17-25)39-30(45)22-7-6-21(3)26(14-22)40-29-28-27(37-19-38-29)18-36-31(41-28)44-8-4-5-9-44/h6-7,14-20H,4-5,8-13H2,1-3H3,(H,39,45)(H,37,38,40). The van der Waals surface area contributed by atoms with Gasteiger partial charge in [0, 0.05) is 67.9 Å². The van der Waals surface area contributed by atoms with Crippen LogP contribution in [-0.4, -0.2) is 76.1 Å². The van der Waals surface area contributed by atoms with Gasteiger partial charge in [-0.1, -0.05) is 6.07 Å². The Morgan fingerprint density at radius 2 is 1.67 bits per heavy atom. The van der Waals surface area contributed by atoms with E-state index in [0.717, 1.165) is 56.7 Å². The van der Waals surface area contributed by atoms with Crippen molar-refractivity contribution in [1.82, 2.24) is 24.8 Å². The van der Waals surface area contributed by atoms with E-state index in [4.69, 9.17) is 4.98 Å². The molecule has 13 heteroatoms. The highest BCUT2D eigenvalue weighted by Gasteiger charge is 2.32. The van der Waals surface area contributed by atoms with Gasteiger partial charge in [-0.25, -0.2) is 19.9 Å². The van der Waals surface area contributed by atoms with E-state index in [1.165, 1.54) is 6.33 Å². The fraction of sp³-hybridized carbons (Fsp3) is 0.406. The average Bonchev–Trinajstić information content (AvgIpc) is 3.57. The first-order valence-electron chi connectivity index (χ1n) is 15.2. The zero-order chi connectivity index (χ0) is 31.7. The zero-order valence-corrected chi connectivity index (χ0v) is 25.5. The van der Waals surface area contributed by atoms with E-state index in [1.807, 2.05) is 11.8 Å². The molecule has 0 atom stereocenters. The van der Waals surface area contributed by atoms with Crippen molar-refractivity contribution in [2.24, 2.45) is 0 Å². The van der Waals surface area contributed by atoms with Crippen molar-refractivity contribution in [1.29, 1.82) is 0 Å². The van der Waals surface area contributed by atoms with Crippen molar-refractivity contribution >= 4 is 45.8 Å². The molecule has 0 aliphatic carbocycles. The van der Waals surface area contributed by atoms with Gasteiger partial charge in [0.2, 0.25) is 5.95 Å². The van der Waals surface area contributed by atoms with Gasteiger partial charge in [0.1, 0.15) is 17.4 Å². The molecule has 45 heavy (non-hydrogen) atoms. The van der Waals surface area contributed by atoms with Crippen LogP contribution >= 0.6 is 0 Å². The number of carbonyl (C=O) groups is 1. The first-order valence-corrected chi connectivity index (χ1v) is 15.2. The largest absolute Gasteiger partial charge is 0.416 e. The van der Waals surface area contributed by atoms with Crippen LogP contribution in [-0.2, 0) is 6.18 Å². The van der Waals surface area contributed by atoms with E-state index in [2.05, 4.69) is 49.2 Å². The Morgan fingerprint density at radius 1 is 0.911 bits per heavy atom. The Balaban J connectivity index is 1.24. The van der Waals surface area contributed by atoms with E-state index >= 15 is 0 Å². The van der Waals surface area contributed by atoms with Crippen molar-refractivity contribution in [2.45, 2.75) is 45.8 Å². The number of benzene rings is 2. The summed E-state index contributed by atoms with van der Waals surface area (Å²) in [7, 11) is 0. The van der Waals surface area contributed by atoms with Gasteiger partial charge in [0.25, 0.3) is 5.91 Å². The van der Waals surface area contributed by atoms with Crippen LogP contribution in [0.5, 0.6) is 0 Å². The molecule has 0 bridgehead atoms. The molecule has 2 aliphatic heterocycles. The molecule has 4 heterocycles. The molecule has 6 rings (SSSR count). The van der Waals surface area contributed by atoms with Crippen LogP contribution in [0.3, 0.4) is 0 Å². The van der Waals surface area contributed by atoms with E-state index < -0.39 is 17.6 Å². The Morgan fingerprint density at radius 3 is 2.38 bits per heavy atom. The molecule has 2 aromatic heterocycles. The highest BCUT2D eigenvalue weighted by atomic mass is 19.4. The number of aromatic nitrogens is 4. The molecule has 0 radical (unpaired) electrons. The topological polar surface area (TPSA) is 102 Å². The maximum atomic E-state index is 13.9. The van der Waals surface area contributed by atoms with Crippen LogP contribution in [0.4, 0.5) is 42.0 Å². The number of hydrogen-bond acceptors (Lipinski definition) is 9. The Kier molecular flexibility index (Phi) is 8.45. The maximum absolute atomic E-state index is 13.9. The first kappa shape index (κ1) is 30.5. The summed E-state index contributed by atoms with van der Waals surface area (Å²) < 4.78 is 41.7. The third kappa shape index (κ3) is 6.77. The molecule has 2 saturated heterocycles. The minimum absolute atomic E-state index is 0.0825. The Labute approximate surface area is 259 Å². The van der Waals surface area contributed by atoms with Crippen LogP contribution in [0.15, 0.2) is 48.9 Å². The fourth-order valence-electron chi connectivity index (χ4n) is 5.76. The number of nitrogens with one attached hydrogen (secondary N) is 2. The van der Waals surface area contributed by atoms with Crippen molar-refractivity contribution in [3.05, 3.63) is 65.6 Å². The minimum atomic E-state index is -4.56. The lowest BCUT2D eigenvalue weighted by atomic mass is 10.1. The molecular formula is C32H36F3N9O. The smallest absolute Gasteiger partial charge is 0.369 e. The third-order valence-electron chi connectivity index (χ3n) is 8.42. The summed E-state index contributed by atoms with van der Waals surface area (Å²) in [6.45, 7) is 10.6. The Hall–Kier alpha value is -4.52. The second-order valence-corrected chi connectivity index (χ2v) is 11.8. The molecular weight excluding hydrogens is 583 g/mol. The number of rotatable bonds is 7. The SMILES string of the molecule is Cc1ccc(C(=O)Nc2cc(N3CCN(C(C)C)CC3)cc(C(F)(F)F)c2)cc1Nc1ncnc2cnc(N3CCCC3)nc12. The van der Waals surface area contributed by atoms with Crippen molar-refractivity contribution < 1.29 is 18.0 Å². The summed E-state index contributed by atoms with van der Waals surface area (Å²) in [6.07, 6.45) is 0.705. The molecule has 4 aromatic rings. The monoisotopic (exact) mass is 619 g/mol. The molecule has 2 N–H and O–H groups in total. The average molecular weight is 620 g/mol. The Bertz CT molecular complexity index is 1700. The van der Waals surface area contributed by atoms with E-state index in [-0.39, 0.29) is 11.3 Å². The summed E-state index contributed by atoms with van der Waals surface area (Å²) in [5, 5.41) is 5.99. The highest BCUT2D eigenvalue weighted by Crippen LogP contribution is 2.35. The number of fused-ring (bicyclic) bond motifs is 1. The lowest BCUT2D eigenvalue weighted by Gasteiger charge is -2.38. The summed E-state index contributed by atoms with van der Waals surface area (Å²) >= 11 is 0. The normalized spacial score (nSPS) is 16.1. The van der Waals surface area contributed by atoms with Crippen molar-refractivity contribution in [3.8, 4) is 0 Å². The van der Waals surface area contributed by atoms with Crippen LogP contribution in [0, 0.1) is 6.92 Å². The molecule has 2 fully saturated rings. The van der Waals surface area contributed by atoms with Gasteiger partial charge in [-0.3, -0.25) is 9.69 Å². The van der Waals surface area contributed by atoms with Gasteiger partial charge >= 0.3 is 6.18 Å². The van der Waals surface area contributed by atoms with Gasteiger partial charge in [-0.2, -0.15) is 13.2 Å². The van der Waals surface area contributed by atoms with E-state index in [0.29, 0.717) is 53.3 Å². The van der Waals surface area contributed by atoms with Gasteiger partial charge < -0.3 is 20.4 Å². The highest BCUT2D eigenvalue weighted by molar-refractivity contribution is 6.05. The zero-order valence-electron chi connectivity index (χ0n) is 25.5. The number of alkyl halides is 3. The number of carbonyl (C=O) groups excluding carboxylic acids is 1. The van der Waals surface area contributed by atoms with Gasteiger partial charge in [-0.15, -0.1) is 0 Å². The second kappa shape index (κ2) is 12.5. The van der Waals surface area contributed by atoms with Gasteiger partial charge in [-0.05, 0) is 69.5 Å². The molecule has 10 nitrogen and oxygen atoms in total. The van der Waals surface area contributed by atoms with Crippen LogP contribution in [0.2, 0.25) is 0 Å². The van der Waals surface area contributed by atoms with E-state index in [9.17, 15) is 18.0 Å². The predicted octanol–water partition coefficient (Wildman–Crippen LogP) is 5.87. The fourth-order valence-corrected chi connectivity index (χ4v) is 5.76. The third-order valence-corrected chi connectivity index (χ3v) is 8.42. The summed E-state index contributed by atoms with van der Waals surface area (Å²) in [5.41, 5.74) is 2.56. The number of nitrogens with zero attached hydrogens (tertiary/aromatic N) is 7. The maximum Gasteiger partial charge on any atom is 0.416 e. The number of aryl methyl sites for hydroxylation is 1. The molecule has 0 spiro atoms. The molecule has 1 amide bonds. The van der Waals surface area contributed by atoms with E-state index in [1.54, 1.807) is 30.5 Å². The number of hydrogen-bond donors (Lipinski definition) is 2. The minimum Gasteiger partial charge on any atom is -0.369 e. The number of halogens is 3. The molecule has 0 saturated carbocycles. The first-order chi connectivity index (χ1) is 21.5. The predicted molar refractivity (Wildman–Crippen MR) is 169 cm³/mol. The van der Waals surface area contributed by atoms with Crippen LogP contribution in [0.25, 0.3) is 11.0 Å². The van der Waals surface area contributed by atoms with Gasteiger partial charge in [0.15, 0.2) is 5.82 Å². The second-order valence-electron chi connectivity index (χ2n) is 11.8. The molecule has 0 unspecified atom stereocenters. The summed E-state index contributed by atoms with van der Waals surface area (Å²) in [6, 6.07) is 9.17. The molecule has 2 aromatic carbocycles. The van der Waals surface area contributed by atoms with Crippen molar-refractivity contribution in [3.63, 3.8) is 0 Å². The molecule has 236 valence electrons. The van der Waals surface area contributed by atoms with Gasteiger partial charge in [0.05, 0.1) is 11.8 Å². The number of anilines is 5. The molecule has 2 aliphatic rings. The summed E-state index contributed by atoms with van der Waals surface area (Å²) in [5.74, 6) is 0.549. The van der Waals surface area contributed by atoms with Crippen LogP contribution < -0.4 is 20.4 Å². The lowest BCUT2D eigenvalue weighted by Crippen LogP contribution is -2.49. The van der Waals surface area contributed by atoms with Crippen LogP contribution in [0.1, 0.15) is 48.2 Å². The number of amides is 1. The lowest BCUT2D eigenvalue weighted by molar-refractivity contribution is -0.137. The summed E-state index contributed by atoms with van der Waals surface area (Å²) in [4.78, 5) is 37.7. The number of piperazine rings is 1. The quantitative estimate of drug-likeness (QED) is 0.263.